The zero-order chi connectivity index (χ0) is 10.8. The molecule has 14 heavy (non-hydrogen) atoms. The zero-order valence-corrected chi connectivity index (χ0v) is 9.64. The van der Waals surface area contributed by atoms with Crippen molar-refractivity contribution in [1.82, 2.24) is 5.32 Å². The number of rotatable bonds is 9. The van der Waals surface area contributed by atoms with Crippen LogP contribution in [0.25, 0.3) is 0 Å². The maximum Gasteiger partial charge on any atom is 0.0701 e. The Morgan fingerprint density at radius 2 is 2.14 bits per heavy atom. The molecule has 1 atom stereocenters. The van der Waals surface area contributed by atoms with Gasteiger partial charge in [-0.15, -0.1) is 0 Å². The van der Waals surface area contributed by atoms with E-state index >= 15 is 0 Å². The van der Waals surface area contributed by atoms with E-state index in [-0.39, 0.29) is 6.04 Å². The minimum absolute atomic E-state index is 0.270. The highest BCUT2D eigenvalue weighted by atomic mass is 16.5. The van der Waals surface area contributed by atoms with E-state index in [1.807, 2.05) is 6.92 Å². The van der Waals surface area contributed by atoms with Gasteiger partial charge in [-0.05, 0) is 19.9 Å². The zero-order valence-electron chi connectivity index (χ0n) is 9.64. The van der Waals surface area contributed by atoms with Gasteiger partial charge in [0.15, 0.2) is 0 Å². The first-order valence-corrected chi connectivity index (χ1v) is 5.17. The van der Waals surface area contributed by atoms with E-state index in [1.165, 1.54) is 0 Å². The van der Waals surface area contributed by atoms with Crippen molar-refractivity contribution >= 4 is 0 Å². The van der Waals surface area contributed by atoms with Gasteiger partial charge >= 0.3 is 0 Å². The molecule has 0 saturated heterocycles. The molecule has 84 valence electrons. The van der Waals surface area contributed by atoms with Crippen LogP contribution in [0.4, 0.5) is 0 Å². The quantitative estimate of drug-likeness (QED) is 0.454. The molecule has 0 saturated carbocycles. The summed E-state index contributed by atoms with van der Waals surface area (Å²) in [5.41, 5.74) is 1.12. The molecule has 1 unspecified atom stereocenters. The van der Waals surface area contributed by atoms with Crippen LogP contribution in [-0.2, 0) is 9.47 Å². The second kappa shape index (κ2) is 9.19. The monoisotopic (exact) mass is 201 g/mol. The molecule has 0 bridgehead atoms. The van der Waals surface area contributed by atoms with E-state index in [1.54, 1.807) is 7.11 Å². The molecule has 0 radical (unpaired) electrons. The number of ether oxygens (including phenoxy) is 2. The molecule has 1 N–H and O–H groups in total. The van der Waals surface area contributed by atoms with Crippen LogP contribution in [0.1, 0.15) is 20.3 Å². The van der Waals surface area contributed by atoms with Crippen molar-refractivity contribution in [2.75, 3.05) is 33.5 Å². The van der Waals surface area contributed by atoms with Crippen molar-refractivity contribution in [2.24, 2.45) is 0 Å². The van der Waals surface area contributed by atoms with Crippen LogP contribution in [0.15, 0.2) is 12.2 Å². The first kappa shape index (κ1) is 13.6. The van der Waals surface area contributed by atoms with E-state index < -0.39 is 0 Å². The largest absolute Gasteiger partial charge is 0.382 e. The van der Waals surface area contributed by atoms with Crippen LogP contribution in [0.3, 0.4) is 0 Å². The summed E-state index contributed by atoms with van der Waals surface area (Å²) >= 11 is 0. The lowest BCUT2D eigenvalue weighted by Crippen LogP contribution is -2.35. The van der Waals surface area contributed by atoms with Gasteiger partial charge in [-0.1, -0.05) is 19.1 Å². The van der Waals surface area contributed by atoms with Crippen LogP contribution < -0.4 is 5.32 Å². The molecular weight excluding hydrogens is 178 g/mol. The fraction of sp³-hybridized carbons (Fsp3) is 0.818. The molecule has 0 heterocycles. The van der Waals surface area contributed by atoms with Gasteiger partial charge in [-0.3, -0.25) is 0 Å². The van der Waals surface area contributed by atoms with Crippen molar-refractivity contribution in [3.63, 3.8) is 0 Å². The van der Waals surface area contributed by atoms with E-state index in [9.17, 15) is 0 Å². The predicted octanol–water partition coefficient (Wildman–Crippen LogP) is 1.59. The molecule has 0 aromatic heterocycles. The Kier molecular flexibility index (Phi) is 8.94. The summed E-state index contributed by atoms with van der Waals surface area (Å²) in [6.07, 6.45) is 1.13. The van der Waals surface area contributed by atoms with Crippen molar-refractivity contribution in [3.05, 3.63) is 12.2 Å². The van der Waals surface area contributed by atoms with E-state index in [0.717, 1.165) is 18.5 Å². The minimum atomic E-state index is 0.270. The van der Waals surface area contributed by atoms with Crippen molar-refractivity contribution in [1.29, 1.82) is 0 Å². The maximum atomic E-state index is 5.45. The summed E-state index contributed by atoms with van der Waals surface area (Å²) in [7, 11) is 1.68. The van der Waals surface area contributed by atoms with Crippen LogP contribution in [0.5, 0.6) is 0 Å². The molecule has 0 aliphatic heterocycles. The second-order valence-electron chi connectivity index (χ2n) is 3.42. The summed E-state index contributed by atoms with van der Waals surface area (Å²) in [6.45, 7) is 11.1. The smallest absolute Gasteiger partial charge is 0.0701 e. The minimum Gasteiger partial charge on any atom is -0.382 e. The molecule has 0 fully saturated rings. The van der Waals surface area contributed by atoms with Crippen LogP contribution in [0.2, 0.25) is 0 Å². The van der Waals surface area contributed by atoms with Crippen LogP contribution >= 0.6 is 0 Å². The second-order valence-corrected chi connectivity index (χ2v) is 3.42. The van der Waals surface area contributed by atoms with E-state index in [2.05, 4.69) is 18.8 Å². The molecular formula is C11H23NO2. The topological polar surface area (TPSA) is 30.5 Å². The Balaban J connectivity index is 3.57. The van der Waals surface area contributed by atoms with E-state index in [0.29, 0.717) is 19.8 Å². The first-order valence-electron chi connectivity index (χ1n) is 5.17. The normalized spacial score (nSPS) is 12.8. The summed E-state index contributed by atoms with van der Waals surface area (Å²) in [6, 6.07) is 0.270. The fourth-order valence-corrected chi connectivity index (χ4v) is 1.04. The number of methoxy groups -OCH3 is 1. The third-order valence-corrected chi connectivity index (χ3v) is 1.95. The molecule has 0 aromatic carbocycles. The van der Waals surface area contributed by atoms with Gasteiger partial charge in [0.1, 0.15) is 0 Å². The highest BCUT2D eigenvalue weighted by Crippen LogP contribution is 1.99. The molecule has 0 aliphatic carbocycles. The number of nitrogens with one attached hydrogen (secondary N) is 1. The summed E-state index contributed by atoms with van der Waals surface area (Å²) in [5, 5.41) is 3.38. The Hall–Kier alpha value is -0.380. The highest BCUT2D eigenvalue weighted by Gasteiger charge is 2.07. The van der Waals surface area contributed by atoms with Gasteiger partial charge in [-0.25, -0.2) is 0 Å². The van der Waals surface area contributed by atoms with E-state index in [4.69, 9.17) is 9.47 Å². The lowest BCUT2D eigenvalue weighted by atomic mass is 10.1. The van der Waals surface area contributed by atoms with Crippen molar-refractivity contribution in [2.45, 2.75) is 26.3 Å². The lowest BCUT2D eigenvalue weighted by molar-refractivity contribution is 0.0632. The Morgan fingerprint density at radius 3 is 2.64 bits per heavy atom. The van der Waals surface area contributed by atoms with Gasteiger partial charge in [0, 0.05) is 7.11 Å². The van der Waals surface area contributed by atoms with Crippen molar-refractivity contribution < 1.29 is 9.47 Å². The third kappa shape index (κ3) is 7.06. The first-order chi connectivity index (χ1) is 6.72. The van der Waals surface area contributed by atoms with Gasteiger partial charge in [0.2, 0.25) is 0 Å². The maximum absolute atomic E-state index is 5.45. The Labute approximate surface area is 87.5 Å². The standard InChI is InChI=1S/C11H23NO2/c1-5-6-12-11(10(2)3)9-14-8-7-13-4/h11-12H,2,5-9H2,1,3-4H3. The molecule has 3 heteroatoms. The average molecular weight is 201 g/mol. The highest BCUT2D eigenvalue weighted by molar-refractivity contribution is 5.01. The molecule has 0 aliphatic rings. The SMILES string of the molecule is C=C(C)C(COCCOC)NCCC. The molecule has 3 nitrogen and oxygen atoms in total. The number of hydrogen-bond donors (Lipinski definition) is 1. The third-order valence-electron chi connectivity index (χ3n) is 1.95. The van der Waals surface area contributed by atoms with Gasteiger partial charge in [0.05, 0.1) is 25.9 Å². The molecule has 0 amide bonds. The summed E-state index contributed by atoms with van der Waals surface area (Å²) in [4.78, 5) is 0. The average Bonchev–Trinajstić information content (AvgIpc) is 2.16. The van der Waals surface area contributed by atoms with Crippen molar-refractivity contribution in [3.8, 4) is 0 Å². The number of hydrogen-bond acceptors (Lipinski definition) is 3. The molecule has 0 spiro atoms. The fourth-order valence-electron chi connectivity index (χ4n) is 1.04. The van der Waals surface area contributed by atoms with Gasteiger partial charge in [0.25, 0.3) is 0 Å². The molecule has 0 rings (SSSR count). The van der Waals surface area contributed by atoms with Gasteiger partial charge < -0.3 is 14.8 Å². The van der Waals surface area contributed by atoms with Crippen LogP contribution in [-0.4, -0.2) is 39.5 Å². The van der Waals surface area contributed by atoms with Gasteiger partial charge in [-0.2, -0.15) is 0 Å². The molecule has 0 aromatic rings. The lowest BCUT2D eigenvalue weighted by Gasteiger charge is -2.18. The Bertz CT molecular complexity index is 148. The Morgan fingerprint density at radius 1 is 1.43 bits per heavy atom. The predicted molar refractivity (Wildman–Crippen MR) is 59.6 cm³/mol. The summed E-state index contributed by atoms with van der Waals surface area (Å²) in [5.74, 6) is 0. The summed E-state index contributed by atoms with van der Waals surface area (Å²) < 4.78 is 10.3. The van der Waals surface area contributed by atoms with Crippen LogP contribution in [0, 0.1) is 0 Å².